The predicted molar refractivity (Wildman–Crippen MR) is 117 cm³/mol. The minimum absolute atomic E-state index is 0.309. The summed E-state index contributed by atoms with van der Waals surface area (Å²) in [6.07, 6.45) is 3.05. The molecule has 0 spiro atoms. The van der Waals surface area contributed by atoms with Gasteiger partial charge >= 0.3 is 5.97 Å². The molecule has 0 aromatic heterocycles. The van der Waals surface area contributed by atoms with Gasteiger partial charge in [-0.2, -0.15) is 0 Å². The Morgan fingerprint density at radius 1 is 1.03 bits per heavy atom. The fourth-order valence-corrected chi connectivity index (χ4v) is 4.36. The first kappa shape index (κ1) is 22.8. The number of aliphatic hydroxyl groups is 1. The summed E-state index contributed by atoms with van der Waals surface area (Å²) in [5, 5.41) is 11.4. The topological polar surface area (TPSA) is 55.8 Å². The number of piperidine rings is 1. The maximum Gasteiger partial charge on any atom is 0.337 e. The van der Waals surface area contributed by atoms with Gasteiger partial charge in [-0.15, -0.1) is 0 Å². The molecule has 0 saturated carbocycles. The van der Waals surface area contributed by atoms with Gasteiger partial charge in [0.1, 0.15) is 19.2 Å². The number of aliphatic hydroxyl groups excluding tert-OH is 1. The Morgan fingerprint density at radius 3 is 2.30 bits per heavy atom. The highest BCUT2D eigenvalue weighted by atomic mass is 35.5. The molecule has 0 bridgehead atoms. The fraction of sp³-hybridized carbons (Fsp3) is 0.458. The van der Waals surface area contributed by atoms with E-state index in [0.717, 1.165) is 29.7 Å². The van der Waals surface area contributed by atoms with Crippen LogP contribution in [0.25, 0.3) is 0 Å². The third kappa shape index (κ3) is 6.54. The molecule has 2 aromatic carbocycles. The summed E-state index contributed by atoms with van der Waals surface area (Å²) >= 11 is 5.91. The molecule has 1 fully saturated rings. The van der Waals surface area contributed by atoms with Crippen molar-refractivity contribution in [2.45, 2.75) is 38.5 Å². The van der Waals surface area contributed by atoms with Crippen LogP contribution in [-0.2, 0) is 22.6 Å². The third-order valence-electron chi connectivity index (χ3n) is 5.75. The highest BCUT2D eigenvalue weighted by Gasteiger charge is 2.32. The zero-order valence-corrected chi connectivity index (χ0v) is 18.3. The minimum Gasteiger partial charge on any atom is -0.465 e. The lowest BCUT2D eigenvalue weighted by Gasteiger charge is -2.43. The number of halogens is 1. The standard InChI is InChI=1S/C24H31ClNO4/c1-29-24(28)21-9-5-19(6-10-21)15-26(13-3-2-4-14-26)16-23(27)18-30-17-20-7-11-22(25)12-8-20/h5-12,23,27H,2-4,13-18H2,1H3/q+1. The molecule has 1 aliphatic rings. The van der Waals surface area contributed by atoms with Gasteiger partial charge in [0.2, 0.25) is 0 Å². The minimum atomic E-state index is -0.523. The van der Waals surface area contributed by atoms with Crippen molar-refractivity contribution in [2.75, 3.05) is 33.4 Å². The van der Waals surface area contributed by atoms with Crippen molar-refractivity contribution in [1.29, 1.82) is 0 Å². The maximum absolute atomic E-state index is 11.7. The second-order valence-corrected chi connectivity index (χ2v) is 8.61. The Bertz CT molecular complexity index is 801. The number of benzene rings is 2. The van der Waals surface area contributed by atoms with Crippen LogP contribution in [0.2, 0.25) is 5.02 Å². The molecule has 1 N–H and O–H groups in total. The molecule has 1 unspecified atom stereocenters. The number of hydrogen-bond acceptors (Lipinski definition) is 4. The summed E-state index contributed by atoms with van der Waals surface area (Å²) in [5.41, 5.74) is 2.76. The van der Waals surface area contributed by atoms with Crippen molar-refractivity contribution >= 4 is 17.6 Å². The molecule has 5 nitrogen and oxygen atoms in total. The Balaban J connectivity index is 1.57. The fourth-order valence-electron chi connectivity index (χ4n) is 4.23. The number of hydrogen-bond donors (Lipinski definition) is 1. The lowest BCUT2D eigenvalue weighted by molar-refractivity contribution is -0.947. The van der Waals surface area contributed by atoms with Gasteiger partial charge in [0.25, 0.3) is 0 Å². The van der Waals surface area contributed by atoms with E-state index in [2.05, 4.69) is 0 Å². The van der Waals surface area contributed by atoms with E-state index >= 15 is 0 Å². The summed E-state index contributed by atoms with van der Waals surface area (Å²) in [4.78, 5) is 11.7. The van der Waals surface area contributed by atoms with Crippen LogP contribution in [0.3, 0.4) is 0 Å². The Morgan fingerprint density at radius 2 is 1.67 bits per heavy atom. The van der Waals surface area contributed by atoms with Crippen molar-refractivity contribution in [2.24, 2.45) is 0 Å². The van der Waals surface area contributed by atoms with Gasteiger partial charge in [-0.25, -0.2) is 4.79 Å². The summed E-state index contributed by atoms with van der Waals surface area (Å²) in [6.45, 7) is 4.38. The highest BCUT2D eigenvalue weighted by molar-refractivity contribution is 6.30. The number of esters is 1. The van der Waals surface area contributed by atoms with Crippen molar-refractivity contribution in [1.82, 2.24) is 0 Å². The average molecular weight is 433 g/mol. The Labute approximate surface area is 183 Å². The van der Waals surface area contributed by atoms with Crippen LogP contribution in [-0.4, -0.2) is 55.0 Å². The van der Waals surface area contributed by atoms with Gasteiger partial charge in [0, 0.05) is 10.6 Å². The SMILES string of the molecule is COC(=O)c1ccc(C[N+]2(CC(O)COCc3ccc(Cl)cc3)CCCCC2)cc1. The lowest BCUT2D eigenvalue weighted by atomic mass is 10.0. The molecule has 2 aromatic rings. The molecule has 0 radical (unpaired) electrons. The zero-order chi connectivity index (χ0) is 21.4. The average Bonchev–Trinajstić information content (AvgIpc) is 2.75. The van der Waals surface area contributed by atoms with Crippen LogP contribution in [0.15, 0.2) is 48.5 Å². The zero-order valence-electron chi connectivity index (χ0n) is 17.6. The van der Waals surface area contributed by atoms with E-state index in [-0.39, 0.29) is 5.97 Å². The second-order valence-electron chi connectivity index (χ2n) is 8.17. The van der Waals surface area contributed by atoms with Crippen molar-refractivity contribution < 1.29 is 23.9 Å². The number of methoxy groups -OCH3 is 1. The monoisotopic (exact) mass is 432 g/mol. The lowest BCUT2D eigenvalue weighted by Crippen LogP contribution is -2.55. The maximum atomic E-state index is 11.7. The number of carbonyl (C=O) groups excluding carboxylic acids is 1. The molecule has 0 amide bonds. The number of quaternary nitrogens is 1. The molecule has 1 saturated heterocycles. The van der Waals surface area contributed by atoms with Crippen LogP contribution in [0, 0.1) is 0 Å². The van der Waals surface area contributed by atoms with Crippen LogP contribution in [0.5, 0.6) is 0 Å². The molecule has 30 heavy (non-hydrogen) atoms. The van der Waals surface area contributed by atoms with Crippen molar-refractivity contribution in [3.8, 4) is 0 Å². The molecule has 1 heterocycles. The van der Waals surface area contributed by atoms with E-state index in [4.69, 9.17) is 21.1 Å². The van der Waals surface area contributed by atoms with Gasteiger partial charge in [-0.1, -0.05) is 35.9 Å². The number of carbonyl (C=O) groups is 1. The first-order valence-electron chi connectivity index (χ1n) is 10.5. The molecular formula is C24H31ClNO4+. The smallest absolute Gasteiger partial charge is 0.337 e. The molecule has 1 atom stereocenters. The second kappa shape index (κ2) is 10.9. The quantitative estimate of drug-likeness (QED) is 0.476. The molecular weight excluding hydrogens is 402 g/mol. The highest BCUT2D eigenvalue weighted by Crippen LogP contribution is 2.24. The number of rotatable bonds is 9. The van der Waals surface area contributed by atoms with Crippen LogP contribution < -0.4 is 0 Å². The van der Waals surface area contributed by atoms with Gasteiger partial charge in [0.05, 0.1) is 39.0 Å². The number of ether oxygens (including phenoxy) is 2. The van der Waals surface area contributed by atoms with Gasteiger partial charge in [-0.3, -0.25) is 0 Å². The van der Waals surface area contributed by atoms with E-state index in [1.165, 1.54) is 31.9 Å². The van der Waals surface area contributed by atoms with Crippen LogP contribution >= 0.6 is 11.6 Å². The van der Waals surface area contributed by atoms with E-state index in [0.29, 0.717) is 30.3 Å². The molecule has 162 valence electrons. The molecule has 6 heteroatoms. The molecule has 1 aliphatic heterocycles. The van der Waals surface area contributed by atoms with E-state index in [1.807, 2.05) is 48.5 Å². The summed E-state index contributed by atoms with van der Waals surface area (Å²) in [7, 11) is 1.39. The van der Waals surface area contributed by atoms with Crippen molar-refractivity contribution in [3.05, 3.63) is 70.2 Å². The Hall–Kier alpha value is -1.92. The summed E-state index contributed by atoms with van der Waals surface area (Å²) in [6, 6.07) is 15.2. The van der Waals surface area contributed by atoms with Gasteiger partial charge < -0.3 is 19.1 Å². The first-order chi connectivity index (χ1) is 14.5. The third-order valence-corrected chi connectivity index (χ3v) is 6.00. The molecule has 0 aliphatic carbocycles. The molecule has 3 rings (SSSR count). The predicted octanol–water partition coefficient (Wildman–Crippen LogP) is 4.21. The van der Waals surface area contributed by atoms with E-state index < -0.39 is 6.10 Å². The largest absolute Gasteiger partial charge is 0.465 e. The number of nitrogens with zero attached hydrogens (tertiary/aromatic N) is 1. The van der Waals surface area contributed by atoms with Gasteiger partial charge in [0.15, 0.2) is 0 Å². The van der Waals surface area contributed by atoms with Crippen molar-refractivity contribution in [3.63, 3.8) is 0 Å². The van der Waals surface area contributed by atoms with Crippen LogP contribution in [0.1, 0.15) is 40.7 Å². The van der Waals surface area contributed by atoms with Gasteiger partial charge in [-0.05, 0) is 49.1 Å². The number of likely N-dealkylation sites (tertiary alicyclic amines) is 1. The van der Waals surface area contributed by atoms with Crippen LogP contribution in [0.4, 0.5) is 0 Å². The normalized spacial score (nSPS) is 16.8. The van der Waals surface area contributed by atoms with E-state index in [1.54, 1.807) is 0 Å². The first-order valence-corrected chi connectivity index (χ1v) is 10.9. The van der Waals surface area contributed by atoms with E-state index in [9.17, 15) is 9.90 Å². The summed E-state index contributed by atoms with van der Waals surface area (Å²) in [5.74, 6) is -0.323. The Kier molecular flexibility index (Phi) is 8.28. The summed E-state index contributed by atoms with van der Waals surface area (Å²) < 4.78 is 11.4.